The first-order valence-corrected chi connectivity index (χ1v) is 9.49. The number of anilines is 1. The van der Waals surface area contributed by atoms with Crippen molar-refractivity contribution in [1.29, 1.82) is 5.26 Å². The normalized spacial score (nSPS) is 10.5. The van der Waals surface area contributed by atoms with Crippen LogP contribution in [0.15, 0.2) is 54.6 Å². The van der Waals surface area contributed by atoms with Gasteiger partial charge in [0.2, 0.25) is 0 Å². The summed E-state index contributed by atoms with van der Waals surface area (Å²) in [5.41, 5.74) is 2.02. The van der Waals surface area contributed by atoms with E-state index in [0.29, 0.717) is 23.9 Å². The van der Waals surface area contributed by atoms with Crippen LogP contribution in [0.2, 0.25) is 20.2 Å². The number of pyridine rings is 1. The average Bonchev–Trinajstić information content (AvgIpc) is 2.67. The second kappa shape index (κ2) is 8.82. The van der Waals surface area contributed by atoms with Gasteiger partial charge in [-0.3, -0.25) is 0 Å². The van der Waals surface area contributed by atoms with E-state index in [4.69, 9.17) is 46.4 Å². The van der Waals surface area contributed by atoms with Gasteiger partial charge in [0, 0.05) is 18.1 Å². The minimum atomic E-state index is 0.0131. The smallest absolute Gasteiger partial charge is 0.151 e. The van der Waals surface area contributed by atoms with Crippen LogP contribution >= 0.6 is 46.4 Å². The Morgan fingerprint density at radius 2 is 1.52 bits per heavy atom. The third-order valence-electron chi connectivity index (χ3n) is 3.97. The molecule has 0 saturated carbocycles. The van der Waals surface area contributed by atoms with Crippen LogP contribution in [0.1, 0.15) is 16.7 Å². The first kappa shape index (κ1) is 19.8. The van der Waals surface area contributed by atoms with E-state index in [2.05, 4.69) is 4.98 Å². The Kier molecular flexibility index (Phi) is 6.46. The Morgan fingerprint density at radius 3 is 2.19 bits per heavy atom. The molecule has 3 rings (SSSR count). The van der Waals surface area contributed by atoms with Crippen molar-refractivity contribution in [2.24, 2.45) is 0 Å². The van der Waals surface area contributed by atoms with Crippen molar-refractivity contribution < 1.29 is 0 Å². The Balaban J connectivity index is 2.07. The molecule has 1 heterocycles. The molecule has 0 radical (unpaired) electrons. The molecule has 3 aromatic rings. The summed E-state index contributed by atoms with van der Waals surface area (Å²) in [6.07, 6.45) is 0. The summed E-state index contributed by atoms with van der Waals surface area (Å²) in [7, 11) is 0. The second-order valence-corrected chi connectivity index (χ2v) is 7.30. The number of hydrogen-bond acceptors (Lipinski definition) is 3. The highest BCUT2D eigenvalue weighted by Gasteiger charge is 2.21. The average molecular weight is 437 g/mol. The number of nitriles is 1. The number of benzene rings is 2. The molecule has 0 aliphatic rings. The molecular weight excluding hydrogens is 424 g/mol. The lowest BCUT2D eigenvalue weighted by molar-refractivity contribution is 0.783. The topological polar surface area (TPSA) is 39.9 Å². The van der Waals surface area contributed by atoms with Crippen LogP contribution in [-0.4, -0.2) is 4.98 Å². The Bertz CT molecular complexity index is 1000. The summed E-state index contributed by atoms with van der Waals surface area (Å²) < 4.78 is 0. The van der Waals surface area contributed by atoms with Crippen LogP contribution < -0.4 is 4.90 Å². The van der Waals surface area contributed by atoms with Crippen molar-refractivity contribution in [3.05, 3.63) is 91.5 Å². The van der Waals surface area contributed by atoms with Crippen LogP contribution in [0.4, 0.5) is 5.82 Å². The molecular formula is C20H13Cl4N3. The molecule has 1 aromatic heterocycles. The first-order valence-electron chi connectivity index (χ1n) is 7.98. The molecule has 27 heavy (non-hydrogen) atoms. The molecule has 0 aliphatic carbocycles. The van der Waals surface area contributed by atoms with Gasteiger partial charge in [-0.15, -0.1) is 0 Å². The molecule has 0 fully saturated rings. The van der Waals surface area contributed by atoms with Gasteiger partial charge < -0.3 is 4.90 Å². The summed E-state index contributed by atoms with van der Waals surface area (Å²) in [5, 5.41) is 10.1. The van der Waals surface area contributed by atoms with Crippen LogP contribution in [0.5, 0.6) is 0 Å². The van der Waals surface area contributed by atoms with Gasteiger partial charge in [-0.1, -0.05) is 94.9 Å². The molecule has 0 saturated heterocycles. The van der Waals surface area contributed by atoms with E-state index < -0.39 is 0 Å². The minimum Gasteiger partial charge on any atom is -0.347 e. The van der Waals surface area contributed by atoms with Gasteiger partial charge in [-0.25, -0.2) is 4.98 Å². The highest BCUT2D eigenvalue weighted by Crippen LogP contribution is 2.38. The van der Waals surface area contributed by atoms with E-state index in [9.17, 15) is 5.26 Å². The fourth-order valence-corrected chi connectivity index (χ4v) is 3.58. The molecule has 0 N–H and O–H groups in total. The predicted molar refractivity (Wildman–Crippen MR) is 112 cm³/mol. The van der Waals surface area contributed by atoms with Crippen molar-refractivity contribution in [3.63, 3.8) is 0 Å². The number of aromatic nitrogens is 1. The number of nitrogens with zero attached hydrogens (tertiary/aromatic N) is 3. The van der Waals surface area contributed by atoms with E-state index in [1.807, 2.05) is 65.6 Å². The fraction of sp³-hybridized carbons (Fsp3) is 0.100. The molecule has 136 valence electrons. The Hall–Kier alpha value is -1.96. The lowest BCUT2D eigenvalue weighted by Gasteiger charge is -2.26. The lowest BCUT2D eigenvalue weighted by atomic mass is 10.1. The third kappa shape index (κ3) is 4.48. The van der Waals surface area contributed by atoms with Crippen LogP contribution in [0.25, 0.3) is 0 Å². The standard InChI is InChI=1S/C20H13Cl4N3/c21-16-9-5-4-8-14(16)12-27(11-13-6-2-1-3-7-13)20-18(23)17(22)15(10-25)19(24)26-20/h1-9H,11-12H2. The maximum atomic E-state index is 9.21. The lowest BCUT2D eigenvalue weighted by Crippen LogP contribution is -2.24. The maximum Gasteiger partial charge on any atom is 0.151 e. The molecule has 3 nitrogen and oxygen atoms in total. The number of halogens is 4. The summed E-state index contributed by atoms with van der Waals surface area (Å²) in [4.78, 5) is 6.26. The molecule has 0 aliphatic heterocycles. The molecule has 0 unspecified atom stereocenters. The van der Waals surface area contributed by atoms with Crippen molar-refractivity contribution in [1.82, 2.24) is 4.98 Å². The molecule has 2 aromatic carbocycles. The van der Waals surface area contributed by atoms with Gasteiger partial charge in [0.1, 0.15) is 16.7 Å². The van der Waals surface area contributed by atoms with E-state index in [-0.39, 0.29) is 20.8 Å². The largest absolute Gasteiger partial charge is 0.347 e. The maximum absolute atomic E-state index is 9.21. The Morgan fingerprint density at radius 1 is 0.852 bits per heavy atom. The van der Waals surface area contributed by atoms with E-state index in [1.165, 1.54) is 0 Å². The quantitative estimate of drug-likeness (QED) is 0.414. The SMILES string of the molecule is N#Cc1c(Cl)nc(N(Cc2ccccc2)Cc2ccccc2Cl)c(Cl)c1Cl. The second-order valence-electron chi connectivity index (χ2n) is 5.77. The van der Waals surface area contributed by atoms with E-state index >= 15 is 0 Å². The molecule has 0 spiro atoms. The van der Waals surface area contributed by atoms with Crippen LogP contribution in [0, 0.1) is 11.3 Å². The minimum absolute atomic E-state index is 0.0131. The van der Waals surface area contributed by atoms with Gasteiger partial charge in [0.15, 0.2) is 11.0 Å². The van der Waals surface area contributed by atoms with Crippen molar-refractivity contribution in [2.75, 3.05) is 4.90 Å². The Labute approximate surface area is 177 Å². The zero-order chi connectivity index (χ0) is 19.4. The predicted octanol–water partition coefficient (Wildman–Crippen LogP) is 6.77. The third-order valence-corrected chi connectivity index (χ3v) is 5.44. The number of hydrogen-bond donors (Lipinski definition) is 0. The van der Waals surface area contributed by atoms with Gasteiger partial charge in [0.25, 0.3) is 0 Å². The first-order chi connectivity index (χ1) is 13.0. The molecule has 7 heteroatoms. The summed E-state index contributed by atoms with van der Waals surface area (Å²) in [6.45, 7) is 0.956. The van der Waals surface area contributed by atoms with Gasteiger partial charge >= 0.3 is 0 Å². The van der Waals surface area contributed by atoms with Crippen LogP contribution in [0.3, 0.4) is 0 Å². The van der Waals surface area contributed by atoms with Crippen LogP contribution in [-0.2, 0) is 13.1 Å². The number of rotatable bonds is 5. The molecule has 0 bridgehead atoms. The zero-order valence-corrected chi connectivity index (χ0v) is 17.0. The zero-order valence-electron chi connectivity index (χ0n) is 14.0. The summed E-state index contributed by atoms with van der Waals surface area (Å²) in [6, 6.07) is 19.3. The van der Waals surface area contributed by atoms with E-state index in [0.717, 1.165) is 11.1 Å². The van der Waals surface area contributed by atoms with Gasteiger partial charge in [-0.05, 0) is 17.2 Å². The van der Waals surface area contributed by atoms with Crippen molar-refractivity contribution in [3.8, 4) is 6.07 Å². The van der Waals surface area contributed by atoms with Crippen molar-refractivity contribution >= 4 is 52.2 Å². The van der Waals surface area contributed by atoms with Gasteiger partial charge in [0.05, 0.1) is 5.02 Å². The fourth-order valence-electron chi connectivity index (χ4n) is 2.64. The van der Waals surface area contributed by atoms with Gasteiger partial charge in [-0.2, -0.15) is 5.26 Å². The molecule has 0 atom stereocenters. The van der Waals surface area contributed by atoms with Crippen molar-refractivity contribution in [2.45, 2.75) is 13.1 Å². The summed E-state index contributed by atoms with van der Waals surface area (Å²) >= 11 is 25.2. The van der Waals surface area contributed by atoms with E-state index in [1.54, 1.807) is 0 Å². The highest BCUT2D eigenvalue weighted by atomic mass is 35.5. The monoisotopic (exact) mass is 435 g/mol. The highest BCUT2D eigenvalue weighted by molar-refractivity contribution is 6.45. The summed E-state index contributed by atoms with van der Waals surface area (Å²) in [5.74, 6) is 0.398. The molecule has 0 amide bonds.